The highest BCUT2D eigenvalue weighted by atomic mass is 16.3. The Kier molecular flexibility index (Phi) is 3.66. The van der Waals surface area contributed by atoms with Gasteiger partial charge in [0.1, 0.15) is 0 Å². The van der Waals surface area contributed by atoms with E-state index in [-0.39, 0.29) is 5.91 Å². The summed E-state index contributed by atoms with van der Waals surface area (Å²) in [7, 11) is 0. The molecule has 0 bridgehead atoms. The van der Waals surface area contributed by atoms with Gasteiger partial charge in [0.25, 0.3) is 5.91 Å². The van der Waals surface area contributed by atoms with E-state index in [1.807, 2.05) is 79.7 Å². The Morgan fingerprint density at radius 2 is 1.52 bits per heavy atom. The average Bonchev–Trinajstić information content (AvgIpc) is 2.87. The molecule has 3 nitrogen and oxygen atoms in total. The molecule has 0 aromatic heterocycles. The van der Waals surface area contributed by atoms with Gasteiger partial charge in [0.05, 0.1) is 0 Å². The van der Waals surface area contributed by atoms with Gasteiger partial charge in [0, 0.05) is 23.2 Å². The Labute approximate surface area is 147 Å². The molecule has 1 unspecified atom stereocenters. The molecular formula is C22H19NO2. The van der Waals surface area contributed by atoms with Crippen molar-refractivity contribution in [3.05, 3.63) is 107 Å². The highest BCUT2D eigenvalue weighted by molar-refractivity contribution is 6.00. The van der Waals surface area contributed by atoms with Crippen LogP contribution in [0.15, 0.2) is 78.9 Å². The summed E-state index contributed by atoms with van der Waals surface area (Å²) in [5.41, 5.74) is 2.38. The van der Waals surface area contributed by atoms with E-state index in [0.29, 0.717) is 23.2 Å². The Hall–Kier alpha value is -2.91. The molecule has 1 aliphatic rings. The van der Waals surface area contributed by atoms with Gasteiger partial charge in [-0.05, 0) is 24.1 Å². The molecule has 1 N–H and O–H groups in total. The Balaban J connectivity index is 1.91. The molecule has 1 atom stereocenters. The van der Waals surface area contributed by atoms with Crippen LogP contribution < -0.4 is 0 Å². The number of fused-ring (bicyclic) bond motifs is 1. The monoisotopic (exact) mass is 329 g/mol. The van der Waals surface area contributed by atoms with Crippen molar-refractivity contribution >= 4 is 5.91 Å². The van der Waals surface area contributed by atoms with Crippen LogP contribution in [0, 0.1) is 6.92 Å². The van der Waals surface area contributed by atoms with Gasteiger partial charge >= 0.3 is 0 Å². The summed E-state index contributed by atoms with van der Waals surface area (Å²) >= 11 is 0. The lowest BCUT2D eigenvalue weighted by Crippen LogP contribution is -2.44. The first-order valence-electron chi connectivity index (χ1n) is 8.36. The molecule has 0 radical (unpaired) electrons. The molecule has 1 aliphatic heterocycles. The maximum Gasteiger partial charge on any atom is 0.257 e. The van der Waals surface area contributed by atoms with Crippen molar-refractivity contribution in [1.29, 1.82) is 0 Å². The van der Waals surface area contributed by atoms with Gasteiger partial charge < -0.3 is 5.11 Å². The SMILES string of the molecule is Cc1cccc2c1C(O)(c1ccccc1)N(Cc1ccccc1)C2=O. The second kappa shape index (κ2) is 5.87. The molecule has 124 valence electrons. The molecule has 0 aliphatic carbocycles. The van der Waals surface area contributed by atoms with Crippen LogP contribution in [0.4, 0.5) is 0 Å². The number of hydrogen-bond acceptors (Lipinski definition) is 2. The zero-order valence-electron chi connectivity index (χ0n) is 14.0. The summed E-state index contributed by atoms with van der Waals surface area (Å²) in [6.45, 7) is 2.28. The predicted molar refractivity (Wildman–Crippen MR) is 96.9 cm³/mol. The molecule has 1 amide bonds. The van der Waals surface area contributed by atoms with E-state index in [2.05, 4.69) is 0 Å². The van der Waals surface area contributed by atoms with Crippen molar-refractivity contribution in [2.45, 2.75) is 19.2 Å². The van der Waals surface area contributed by atoms with E-state index in [1.165, 1.54) is 0 Å². The highest BCUT2D eigenvalue weighted by Crippen LogP contribution is 2.44. The van der Waals surface area contributed by atoms with Crippen molar-refractivity contribution in [3.8, 4) is 0 Å². The van der Waals surface area contributed by atoms with Crippen molar-refractivity contribution in [2.75, 3.05) is 0 Å². The fourth-order valence-corrected chi connectivity index (χ4v) is 3.66. The molecule has 4 rings (SSSR count). The molecule has 0 spiro atoms. The van der Waals surface area contributed by atoms with Gasteiger partial charge in [-0.2, -0.15) is 0 Å². The summed E-state index contributed by atoms with van der Waals surface area (Å²) in [5.74, 6) is -0.145. The highest BCUT2D eigenvalue weighted by Gasteiger charge is 2.50. The van der Waals surface area contributed by atoms with Crippen LogP contribution in [0.1, 0.15) is 32.6 Å². The lowest BCUT2D eigenvalue weighted by molar-refractivity contribution is -0.0546. The van der Waals surface area contributed by atoms with Crippen LogP contribution in [-0.4, -0.2) is 15.9 Å². The van der Waals surface area contributed by atoms with Crippen LogP contribution in [0.2, 0.25) is 0 Å². The molecule has 1 heterocycles. The minimum atomic E-state index is -1.46. The van der Waals surface area contributed by atoms with Crippen LogP contribution in [0.3, 0.4) is 0 Å². The molecule has 3 aromatic carbocycles. The molecule has 3 heteroatoms. The maximum absolute atomic E-state index is 13.1. The number of aliphatic hydroxyl groups is 1. The van der Waals surface area contributed by atoms with E-state index in [1.54, 1.807) is 11.0 Å². The van der Waals surface area contributed by atoms with Gasteiger partial charge in [-0.1, -0.05) is 72.8 Å². The number of carbonyl (C=O) groups is 1. The average molecular weight is 329 g/mol. The lowest BCUT2D eigenvalue weighted by atomic mass is 9.90. The van der Waals surface area contributed by atoms with Gasteiger partial charge in [-0.3, -0.25) is 9.69 Å². The van der Waals surface area contributed by atoms with Crippen LogP contribution in [0.25, 0.3) is 0 Å². The first-order chi connectivity index (χ1) is 12.1. The largest absolute Gasteiger partial charge is 0.363 e. The molecule has 3 aromatic rings. The van der Waals surface area contributed by atoms with Crippen molar-refractivity contribution in [2.24, 2.45) is 0 Å². The van der Waals surface area contributed by atoms with E-state index >= 15 is 0 Å². The molecule has 25 heavy (non-hydrogen) atoms. The standard InChI is InChI=1S/C22H19NO2/c1-16-9-8-14-19-20(16)22(25,18-12-6-3-7-13-18)23(21(19)24)15-17-10-4-2-5-11-17/h2-14,25H,15H2,1H3. The van der Waals surface area contributed by atoms with Gasteiger partial charge in [-0.15, -0.1) is 0 Å². The first kappa shape index (κ1) is 15.6. The third-order valence-electron chi connectivity index (χ3n) is 4.85. The fraction of sp³-hybridized carbons (Fsp3) is 0.136. The lowest BCUT2D eigenvalue weighted by Gasteiger charge is -2.35. The number of carbonyl (C=O) groups excluding carboxylic acids is 1. The summed E-state index contributed by atoms with van der Waals surface area (Å²) in [4.78, 5) is 14.7. The molecule has 0 fully saturated rings. The van der Waals surface area contributed by atoms with Gasteiger partial charge in [0.15, 0.2) is 5.72 Å². The third-order valence-corrected chi connectivity index (χ3v) is 4.85. The van der Waals surface area contributed by atoms with Crippen LogP contribution in [0.5, 0.6) is 0 Å². The summed E-state index contributed by atoms with van der Waals surface area (Å²) in [5, 5.41) is 11.8. The van der Waals surface area contributed by atoms with Crippen molar-refractivity contribution in [3.63, 3.8) is 0 Å². The van der Waals surface area contributed by atoms with Crippen molar-refractivity contribution in [1.82, 2.24) is 4.90 Å². The summed E-state index contributed by atoms with van der Waals surface area (Å²) < 4.78 is 0. The second-order valence-electron chi connectivity index (χ2n) is 6.41. The fourth-order valence-electron chi connectivity index (χ4n) is 3.66. The van der Waals surface area contributed by atoms with E-state index in [0.717, 1.165) is 11.1 Å². The van der Waals surface area contributed by atoms with Crippen molar-refractivity contribution < 1.29 is 9.90 Å². The number of aryl methyl sites for hydroxylation is 1. The Morgan fingerprint density at radius 3 is 2.20 bits per heavy atom. The van der Waals surface area contributed by atoms with Gasteiger partial charge in [-0.25, -0.2) is 0 Å². The van der Waals surface area contributed by atoms with E-state index in [9.17, 15) is 9.90 Å². The van der Waals surface area contributed by atoms with Crippen LogP contribution in [-0.2, 0) is 12.3 Å². The number of nitrogens with zero attached hydrogens (tertiary/aromatic N) is 1. The van der Waals surface area contributed by atoms with E-state index < -0.39 is 5.72 Å². The van der Waals surface area contributed by atoms with E-state index in [4.69, 9.17) is 0 Å². The minimum absolute atomic E-state index is 0.145. The third kappa shape index (κ3) is 2.36. The first-order valence-corrected chi connectivity index (χ1v) is 8.36. The number of amides is 1. The molecule has 0 saturated carbocycles. The zero-order valence-corrected chi connectivity index (χ0v) is 14.0. The zero-order chi connectivity index (χ0) is 17.4. The number of rotatable bonds is 3. The summed E-state index contributed by atoms with van der Waals surface area (Å²) in [6.07, 6.45) is 0. The summed E-state index contributed by atoms with van der Waals surface area (Å²) in [6, 6.07) is 24.8. The normalized spacial score (nSPS) is 19.1. The Morgan fingerprint density at radius 1 is 0.880 bits per heavy atom. The number of hydrogen-bond donors (Lipinski definition) is 1. The second-order valence-corrected chi connectivity index (χ2v) is 6.41. The number of benzene rings is 3. The van der Waals surface area contributed by atoms with Crippen LogP contribution >= 0.6 is 0 Å². The minimum Gasteiger partial charge on any atom is -0.363 e. The predicted octanol–water partition coefficient (Wildman–Crippen LogP) is 3.84. The molecule has 0 saturated heterocycles. The maximum atomic E-state index is 13.1. The Bertz CT molecular complexity index is 921. The van der Waals surface area contributed by atoms with Gasteiger partial charge in [0.2, 0.25) is 0 Å². The smallest absolute Gasteiger partial charge is 0.257 e. The topological polar surface area (TPSA) is 40.5 Å². The molecular weight excluding hydrogens is 310 g/mol. The quantitative estimate of drug-likeness (QED) is 0.793.